The van der Waals surface area contributed by atoms with Crippen LogP contribution in [-0.2, 0) is 0 Å². The zero-order chi connectivity index (χ0) is 19.3. The van der Waals surface area contributed by atoms with Gasteiger partial charge in [0.25, 0.3) is 0 Å². The van der Waals surface area contributed by atoms with E-state index in [9.17, 15) is 9.90 Å². The lowest BCUT2D eigenvalue weighted by Gasteiger charge is -2.24. The Labute approximate surface area is 162 Å². The second-order valence-corrected chi connectivity index (χ2v) is 8.75. The number of carbonyl (C=O) groups is 1. The molecule has 3 heterocycles. The van der Waals surface area contributed by atoms with Crippen LogP contribution in [0.1, 0.15) is 24.0 Å². The highest BCUT2D eigenvalue weighted by Crippen LogP contribution is 2.55. The molecule has 10 nitrogen and oxygen atoms in total. The molecule has 2 atom stereocenters. The van der Waals surface area contributed by atoms with Crippen LogP contribution in [0.5, 0.6) is 0 Å². The number of hydrogen-bond donors (Lipinski definition) is 4. The van der Waals surface area contributed by atoms with Crippen LogP contribution in [0.2, 0.25) is 0 Å². The van der Waals surface area contributed by atoms with E-state index in [2.05, 4.69) is 25.6 Å². The Morgan fingerprint density at radius 1 is 1.32 bits per heavy atom. The number of aliphatic hydroxyl groups excluding tert-OH is 1. The number of carbonyl (C=O) groups excluding carboxylic acids is 1. The number of fused-ring (bicyclic) bond motifs is 1. The summed E-state index contributed by atoms with van der Waals surface area (Å²) in [4.78, 5) is 19.7. The van der Waals surface area contributed by atoms with E-state index in [1.807, 2.05) is 3.97 Å². The maximum absolute atomic E-state index is 11.1. The molecule has 11 heteroatoms. The van der Waals surface area contributed by atoms with Gasteiger partial charge in [-0.2, -0.15) is 0 Å². The molecule has 2 aromatic heterocycles. The molecule has 1 aliphatic heterocycles. The Balaban J connectivity index is 1.40. The van der Waals surface area contributed by atoms with Crippen LogP contribution in [0.4, 0.5) is 16.3 Å². The molecular formula is C17H18N8O2S. The lowest BCUT2D eigenvalue weighted by Crippen LogP contribution is -2.19. The standard InChI is InChI=1S/C17H18N8O2S/c18-17(27)20-11-3-5-12(6-4-11)24-8-13(22-23-24)16(26)28-15(10-1-2-10)21-14-7-19-9-25(14)28/h3-10,16,26,28H,1-2H2,(H3,18,20,27). The van der Waals surface area contributed by atoms with Gasteiger partial charge in [-0.1, -0.05) is 16.3 Å². The van der Waals surface area contributed by atoms with Crippen LogP contribution < -0.4 is 11.1 Å². The number of amides is 2. The minimum atomic E-state index is -1.09. The van der Waals surface area contributed by atoms with Gasteiger partial charge in [0.15, 0.2) is 5.82 Å². The molecular weight excluding hydrogens is 380 g/mol. The van der Waals surface area contributed by atoms with Crippen LogP contribution in [0.3, 0.4) is 0 Å². The summed E-state index contributed by atoms with van der Waals surface area (Å²) < 4.78 is 3.54. The molecule has 144 valence electrons. The number of rotatable bonds is 5. The summed E-state index contributed by atoms with van der Waals surface area (Å²) >= 11 is -1.09. The number of nitrogens with one attached hydrogen (secondary N) is 1. The van der Waals surface area contributed by atoms with Gasteiger partial charge in [-0.15, -0.1) is 5.10 Å². The first-order valence-electron chi connectivity index (χ1n) is 8.78. The van der Waals surface area contributed by atoms with Crippen molar-refractivity contribution < 1.29 is 9.90 Å². The number of nitrogens with two attached hydrogens (primary N) is 1. The van der Waals surface area contributed by atoms with E-state index in [0.29, 0.717) is 17.3 Å². The average Bonchev–Trinajstić information content (AvgIpc) is 3.08. The number of aliphatic imine (C=N–C) groups is 1. The molecule has 2 aliphatic rings. The SMILES string of the molecule is NC(=O)Nc1ccc(-n2cc(C(O)[SH]3C(C4CC4)=Nc4cncn43)nn2)cc1. The molecule has 1 saturated carbocycles. The van der Waals surface area contributed by atoms with Crippen LogP contribution in [0, 0.1) is 5.92 Å². The maximum atomic E-state index is 11.1. The van der Waals surface area contributed by atoms with Gasteiger partial charge in [-0.25, -0.2) is 19.5 Å². The third-order valence-electron chi connectivity index (χ3n) is 4.65. The molecule has 5 rings (SSSR count). The molecule has 0 saturated heterocycles. The minimum Gasteiger partial charge on any atom is -0.376 e. The molecule has 2 amide bonds. The monoisotopic (exact) mass is 398 g/mol. The normalized spacial score (nSPS) is 20.5. The fourth-order valence-corrected chi connectivity index (χ4v) is 5.56. The summed E-state index contributed by atoms with van der Waals surface area (Å²) in [5.74, 6) is 1.23. The highest BCUT2D eigenvalue weighted by molar-refractivity contribution is 8.29. The zero-order valence-electron chi connectivity index (χ0n) is 14.7. The Bertz CT molecular complexity index is 1070. The number of primary amides is 1. The van der Waals surface area contributed by atoms with Crippen molar-refractivity contribution in [3.8, 4) is 5.69 Å². The number of aliphatic hydroxyl groups is 1. The van der Waals surface area contributed by atoms with Gasteiger partial charge >= 0.3 is 6.03 Å². The molecule has 0 radical (unpaired) electrons. The van der Waals surface area contributed by atoms with Gasteiger partial charge in [-0.05, 0) is 37.1 Å². The number of nitrogens with zero attached hydrogens (tertiary/aromatic N) is 6. The fourth-order valence-electron chi connectivity index (χ4n) is 3.16. The lowest BCUT2D eigenvalue weighted by atomic mass is 10.3. The Hall–Kier alpha value is -3.18. The van der Waals surface area contributed by atoms with Crippen molar-refractivity contribution in [2.45, 2.75) is 18.3 Å². The number of imidazole rings is 1. The molecule has 0 bridgehead atoms. The molecule has 3 aromatic rings. The molecule has 2 unspecified atom stereocenters. The van der Waals surface area contributed by atoms with E-state index >= 15 is 0 Å². The van der Waals surface area contributed by atoms with E-state index in [1.54, 1.807) is 47.7 Å². The summed E-state index contributed by atoms with van der Waals surface area (Å²) in [5.41, 5.74) is 6.13. The van der Waals surface area contributed by atoms with Crippen LogP contribution >= 0.6 is 11.1 Å². The number of aromatic nitrogens is 5. The van der Waals surface area contributed by atoms with Crippen LogP contribution in [-0.4, -0.2) is 40.1 Å². The number of benzene rings is 1. The van der Waals surface area contributed by atoms with E-state index in [4.69, 9.17) is 5.73 Å². The highest BCUT2D eigenvalue weighted by Gasteiger charge is 2.40. The summed E-state index contributed by atoms with van der Waals surface area (Å²) in [6.07, 6.45) is 7.37. The van der Waals surface area contributed by atoms with Crippen LogP contribution in [0.15, 0.2) is 48.0 Å². The fraction of sp³-hybridized carbons (Fsp3) is 0.235. The predicted octanol–water partition coefficient (Wildman–Crippen LogP) is 1.86. The predicted molar refractivity (Wildman–Crippen MR) is 106 cm³/mol. The molecule has 28 heavy (non-hydrogen) atoms. The first kappa shape index (κ1) is 17.0. The molecule has 0 spiro atoms. The van der Waals surface area contributed by atoms with Gasteiger partial charge in [0.05, 0.1) is 23.1 Å². The quantitative estimate of drug-likeness (QED) is 0.486. The van der Waals surface area contributed by atoms with Crippen molar-refractivity contribution in [1.29, 1.82) is 0 Å². The minimum absolute atomic E-state index is 0.445. The molecule has 1 aliphatic carbocycles. The van der Waals surface area contributed by atoms with E-state index in [0.717, 1.165) is 29.4 Å². The first-order chi connectivity index (χ1) is 13.6. The Kier molecular flexibility index (Phi) is 3.91. The first-order valence-corrected chi connectivity index (χ1v) is 10.1. The Morgan fingerprint density at radius 2 is 2.11 bits per heavy atom. The number of urea groups is 1. The lowest BCUT2D eigenvalue weighted by molar-refractivity contribution is 0.259. The maximum Gasteiger partial charge on any atom is 0.316 e. The summed E-state index contributed by atoms with van der Waals surface area (Å²) in [6, 6.07) is 6.37. The average molecular weight is 398 g/mol. The topological polar surface area (TPSA) is 136 Å². The summed E-state index contributed by atoms with van der Waals surface area (Å²) in [6.45, 7) is 0. The van der Waals surface area contributed by atoms with Gasteiger partial charge in [0, 0.05) is 11.6 Å². The van der Waals surface area contributed by atoms with E-state index < -0.39 is 22.5 Å². The van der Waals surface area contributed by atoms with Crippen LogP contribution in [0.25, 0.3) is 5.69 Å². The van der Waals surface area contributed by atoms with Gasteiger partial charge in [-0.3, -0.25) is 3.97 Å². The smallest absolute Gasteiger partial charge is 0.316 e. The van der Waals surface area contributed by atoms with Crippen molar-refractivity contribution in [2.75, 3.05) is 5.32 Å². The zero-order valence-corrected chi connectivity index (χ0v) is 15.6. The van der Waals surface area contributed by atoms with Crippen molar-refractivity contribution in [1.82, 2.24) is 24.0 Å². The summed E-state index contributed by atoms with van der Waals surface area (Å²) in [7, 11) is 0. The third kappa shape index (κ3) is 2.94. The second-order valence-electron chi connectivity index (χ2n) is 6.68. The third-order valence-corrected chi connectivity index (χ3v) is 7.08. The number of thiol groups is 1. The van der Waals surface area contributed by atoms with Crippen molar-refractivity contribution in [3.05, 3.63) is 48.7 Å². The van der Waals surface area contributed by atoms with Crippen molar-refractivity contribution >= 4 is 33.7 Å². The van der Waals surface area contributed by atoms with Gasteiger partial charge in [0.2, 0.25) is 0 Å². The number of anilines is 1. The summed E-state index contributed by atoms with van der Waals surface area (Å²) in [5, 5.41) is 22.9. The molecule has 1 fully saturated rings. The van der Waals surface area contributed by atoms with Gasteiger partial charge in [0.1, 0.15) is 17.5 Å². The van der Waals surface area contributed by atoms with E-state index in [1.165, 1.54) is 0 Å². The van der Waals surface area contributed by atoms with Gasteiger partial charge < -0.3 is 16.2 Å². The van der Waals surface area contributed by atoms with Crippen molar-refractivity contribution in [2.24, 2.45) is 16.6 Å². The van der Waals surface area contributed by atoms with E-state index in [-0.39, 0.29) is 0 Å². The number of hydrogen-bond acceptors (Lipinski definition) is 6. The Morgan fingerprint density at radius 3 is 2.82 bits per heavy atom. The van der Waals surface area contributed by atoms with Crippen molar-refractivity contribution in [3.63, 3.8) is 0 Å². The largest absolute Gasteiger partial charge is 0.376 e. The molecule has 1 aromatic carbocycles. The highest BCUT2D eigenvalue weighted by atomic mass is 32.2. The molecule has 4 N–H and O–H groups in total. The second kappa shape index (κ2) is 6.46.